The van der Waals surface area contributed by atoms with Gasteiger partial charge in [-0.1, -0.05) is 36.4 Å². The molecule has 2 aromatic rings. The predicted octanol–water partition coefficient (Wildman–Crippen LogP) is 2.57. The molecule has 0 saturated carbocycles. The Labute approximate surface area is 141 Å². The number of rotatable bonds is 3. The molecule has 0 aliphatic carbocycles. The van der Waals surface area contributed by atoms with Gasteiger partial charge in [-0.15, -0.1) is 0 Å². The minimum atomic E-state index is -0.0548. The predicted molar refractivity (Wildman–Crippen MR) is 94.6 cm³/mol. The van der Waals surface area contributed by atoms with Gasteiger partial charge in [-0.25, -0.2) is 0 Å². The molecule has 3 N–H and O–H groups in total. The maximum absolute atomic E-state index is 9.92. The number of nitrogens with one attached hydrogen (secondary N) is 1. The molecule has 4 nitrogen and oxygen atoms in total. The monoisotopic (exact) mass is 328 g/mol. The first-order valence-electron chi connectivity index (χ1n) is 7.74. The van der Waals surface area contributed by atoms with Crippen LogP contribution in [0.15, 0.2) is 42.5 Å². The maximum Gasteiger partial charge on any atom is 0.169 e. The average molecular weight is 328 g/mol. The van der Waals surface area contributed by atoms with Gasteiger partial charge in [-0.05, 0) is 42.3 Å². The molecular weight excluding hydrogens is 308 g/mol. The molecule has 1 aliphatic heterocycles. The van der Waals surface area contributed by atoms with Gasteiger partial charge in [-0.3, -0.25) is 0 Å². The number of benzene rings is 2. The van der Waals surface area contributed by atoms with E-state index in [9.17, 15) is 10.2 Å². The third-order valence-corrected chi connectivity index (χ3v) is 4.57. The Balaban J connectivity index is 1.56. The van der Waals surface area contributed by atoms with Crippen molar-refractivity contribution in [1.29, 1.82) is 0 Å². The number of phenolic OH excluding ortho intramolecular Hbond substituents is 2. The summed E-state index contributed by atoms with van der Waals surface area (Å²) in [5.74, 6) is -0.0501. The number of fused-ring (bicyclic) bond motifs is 1. The molecule has 0 atom stereocenters. The molecule has 0 bridgehead atoms. The van der Waals surface area contributed by atoms with E-state index in [0.29, 0.717) is 13.0 Å². The van der Waals surface area contributed by atoms with E-state index in [1.807, 2.05) is 24.3 Å². The summed E-state index contributed by atoms with van der Waals surface area (Å²) in [6, 6.07) is 13.7. The van der Waals surface area contributed by atoms with Crippen LogP contribution in [0.5, 0.6) is 11.5 Å². The van der Waals surface area contributed by atoms with Gasteiger partial charge in [0.25, 0.3) is 0 Å². The molecule has 23 heavy (non-hydrogen) atoms. The minimum absolute atomic E-state index is 0.00473. The lowest BCUT2D eigenvalue weighted by atomic mass is 9.98. The van der Waals surface area contributed by atoms with Crippen molar-refractivity contribution in [1.82, 2.24) is 10.2 Å². The first-order valence-corrected chi connectivity index (χ1v) is 8.15. The Hall–Kier alpha value is -2.27. The Kier molecular flexibility index (Phi) is 4.67. The van der Waals surface area contributed by atoms with Crippen LogP contribution in [0.1, 0.15) is 16.7 Å². The minimum Gasteiger partial charge on any atom is -0.504 e. The van der Waals surface area contributed by atoms with Crippen LogP contribution < -0.4 is 5.32 Å². The van der Waals surface area contributed by atoms with Gasteiger partial charge < -0.3 is 20.4 Å². The molecule has 0 fully saturated rings. The van der Waals surface area contributed by atoms with Crippen molar-refractivity contribution < 1.29 is 10.2 Å². The molecule has 0 unspecified atom stereocenters. The molecule has 120 valence electrons. The van der Waals surface area contributed by atoms with Gasteiger partial charge in [0.1, 0.15) is 0 Å². The van der Waals surface area contributed by atoms with E-state index in [1.54, 1.807) is 0 Å². The number of nitrogens with zero attached hydrogens (tertiary/aromatic N) is 1. The van der Waals surface area contributed by atoms with Crippen LogP contribution in [0.25, 0.3) is 0 Å². The fourth-order valence-corrected chi connectivity index (χ4v) is 3.13. The highest BCUT2D eigenvalue weighted by molar-refractivity contribution is 7.80. The van der Waals surface area contributed by atoms with Crippen molar-refractivity contribution in [2.24, 2.45) is 0 Å². The van der Waals surface area contributed by atoms with E-state index < -0.39 is 0 Å². The summed E-state index contributed by atoms with van der Waals surface area (Å²) in [6.45, 7) is 2.19. The lowest BCUT2D eigenvalue weighted by molar-refractivity contribution is 0.363. The van der Waals surface area contributed by atoms with Crippen molar-refractivity contribution in [3.8, 4) is 11.5 Å². The van der Waals surface area contributed by atoms with Crippen molar-refractivity contribution in [3.63, 3.8) is 0 Å². The van der Waals surface area contributed by atoms with Crippen LogP contribution in [-0.2, 0) is 19.4 Å². The van der Waals surface area contributed by atoms with E-state index in [-0.39, 0.29) is 11.5 Å². The second kappa shape index (κ2) is 6.87. The second-order valence-corrected chi connectivity index (χ2v) is 6.10. The molecule has 5 heteroatoms. The second-order valence-electron chi connectivity index (χ2n) is 5.71. The Morgan fingerprint density at radius 1 is 1.13 bits per heavy atom. The van der Waals surface area contributed by atoms with Crippen molar-refractivity contribution in [2.45, 2.75) is 19.4 Å². The van der Waals surface area contributed by atoms with Crippen LogP contribution in [0.4, 0.5) is 0 Å². The summed E-state index contributed by atoms with van der Waals surface area (Å²) in [6.07, 6.45) is 1.61. The normalized spacial score (nSPS) is 13.5. The smallest absolute Gasteiger partial charge is 0.169 e. The summed E-state index contributed by atoms with van der Waals surface area (Å²) < 4.78 is 0. The van der Waals surface area contributed by atoms with E-state index in [2.05, 4.69) is 22.3 Å². The summed E-state index contributed by atoms with van der Waals surface area (Å²) >= 11 is 5.48. The molecule has 1 heterocycles. The van der Waals surface area contributed by atoms with Gasteiger partial charge in [0.05, 0.1) is 0 Å². The summed E-state index contributed by atoms with van der Waals surface area (Å²) in [4.78, 5) is 2.10. The SMILES string of the molecule is Oc1ccc2c(c1O)CCN(C(=S)NCCc1ccccc1)C2. The van der Waals surface area contributed by atoms with Crippen molar-refractivity contribution in [3.05, 3.63) is 59.2 Å². The van der Waals surface area contributed by atoms with Crippen LogP contribution in [0.3, 0.4) is 0 Å². The molecule has 0 aromatic heterocycles. The summed E-state index contributed by atoms with van der Waals surface area (Å²) in [7, 11) is 0. The van der Waals surface area contributed by atoms with Crippen molar-refractivity contribution in [2.75, 3.05) is 13.1 Å². The Bertz CT molecular complexity index is 704. The first kappa shape index (κ1) is 15.6. The van der Waals surface area contributed by atoms with Crippen molar-refractivity contribution >= 4 is 17.3 Å². The first-order chi connectivity index (χ1) is 11.1. The average Bonchev–Trinajstić information content (AvgIpc) is 2.59. The molecule has 0 amide bonds. The molecule has 0 saturated heterocycles. The highest BCUT2D eigenvalue weighted by Gasteiger charge is 2.21. The zero-order valence-electron chi connectivity index (χ0n) is 12.8. The quantitative estimate of drug-likeness (QED) is 0.597. The highest BCUT2D eigenvalue weighted by atomic mass is 32.1. The lowest BCUT2D eigenvalue weighted by Crippen LogP contribution is -2.43. The maximum atomic E-state index is 9.92. The van der Waals surface area contributed by atoms with E-state index in [0.717, 1.165) is 35.7 Å². The number of hydrogen-bond donors (Lipinski definition) is 3. The zero-order chi connectivity index (χ0) is 16.2. The summed E-state index contributed by atoms with van der Waals surface area (Å²) in [5, 5.41) is 23.5. The fraction of sp³-hybridized carbons (Fsp3) is 0.278. The zero-order valence-corrected chi connectivity index (χ0v) is 13.6. The van der Waals surface area contributed by atoms with Gasteiger partial charge in [0.15, 0.2) is 16.6 Å². The molecule has 3 rings (SSSR count). The summed E-state index contributed by atoms with van der Waals surface area (Å²) in [5.41, 5.74) is 3.12. The Morgan fingerprint density at radius 2 is 1.91 bits per heavy atom. The third kappa shape index (κ3) is 3.56. The Morgan fingerprint density at radius 3 is 2.70 bits per heavy atom. The van der Waals surface area contributed by atoms with Gasteiger partial charge >= 0.3 is 0 Å². The molecule has 1 aliphatic rings. The molecular formula is C18H20N2O2S. The highest BCUT2D eigenvalue weighted by Crippen LogP contribution is 2.34. The van der Waals surface area contributed by atoms with Gasteiger partial charge in [0.2, 0.25) is 0 Å². The van der Waals surface area contributed by atoms with Crippen LogP contribution in [-0.4, -0.2) is 33.3 Å². The van der Waals surface area contributed by atoms with Crippen LogP contribution in [0, 0.1) is 0 Å². The molecule has 0 radical (unpaired) electrons. The van der Waals surface area contributed by atoms with Crippen LogP contribution >= 0.6 is 12.2 Å². The largest absolute Gasteiger partial charge is 0.504 e. The van der Waals surface area contributed by atoms with E-state index in [1.165, 1.54) is 11.6 Å². The fourth-order valence-electron chi connectivity index (χ4n) is 2.87. The number of hydrogen-bond acceptors (Lipinski definition) is 3. The van der Waals surface area contributed by atoms with E-state index >= 15 is 0 Å². The van der Waals surface area contributed by atoms with Gasteiger partial charge in [-0.2, -0.15) is 0 Å². The number of thiocarbonyl (C=S) groups is 1. The van der Waals surface area contributed by atoms with Crippen LogP contribution in [0.2, 0.25) is 0 Å². The van der Waals surface area contributed by atoms with E-state index in [4.69, 9.17) is 12.2 Å². The molecule has 0 spiro atoms. The lowest BCUT2D eigenvalue weighted by Gasteiger charge is -2.31. The molecule has 2 aromatic carbocycles. The number of aromatic hydroxyl groups is 2. The number of phenols is 2. The standard InChI is InChI=1S/C18H20N2O2S/c21-16-7-6-14-12-20(11-9-15(14)17(16)22)18(23)19-10-8-13-4-2-1-3-5-13/h1-7,21-22H,8-12H2,(H,19,23). The third-order valence-electron chi connectivity index (χ3n) is 4.17. The van der Waals surface area contributed by atoms with Gasteiger partial charge in [0, 0.05) is 25.2 Å². The topological polar surface area (TPSA) is 55.7 Å².